The molecule has 0 radical (unpaired) electrons. The van der Waals surface area contributed by atoms with Crippen molar-refractivity contribution in [3.63, 3.8) is 0 Å². The number of aromatic nitrogens is 2. The van der Waals surface area contributed by atoms with Gasteiger partial charge in [-0.05, 0) is 19.3 Å². The average Bonchev–Trinajstić information content (AvgIpc) is 2.99. The zero-order chi connectivity index (χ0) is 9.26. The molecular weight excluding hydrogens is 164 g/mol. The fourth-order valence-corrected chi connectivity index (χ4v) is 1.63. The highest BCUT2D eigenvalue weighted by atomic mass is 16.5. The fourth-order valence-electron chi connectivity index (χ4n) is 1.63. The van der Waals surface area contributed by atoms with E-state index in [0.717, 1.165) is 12.3 Å². The predicted molar refractivity (Wildman–Crippen MR) is 49.9 cm³/mol. The maximum atomic E-state index is 5.20. The molecule has 0 bridgehead atoms. The van der Waals surface area contributed by atoms with Crippen molar-refractivity contribution in [3.05, 3.63) is 17.6 Å². The Morgan fingerprint density at radius 3 is 2.77 bits per heavy atom. The van der Waals surface area contributed by atoms with Crippen LogP contribution in [0.25, 0.3) is 0 Å². The van der Waals surface area contributed by atoms with Crippen molar-refractivity contribution in [3.8, 4) is 5.88 Å². The molecule has 13 heavy (non-hydrogen) atoms. The lowest BCUT2D eigenvalue weighted by atomic mass is 10.1. The van der Waals surface area contributed by atoms with Gasteiger partial charge in [-0.3, -0.25) is 0 Å². The molecule has 0 aliphatic heterocycles. The fraction of sp³-hybridized carbons (Fsp3) is 0.600. The molecule has 3 nitrogen and oxygen atoms in total. The highest BCUT2D eigenvalue weighted by molar-refractivity contribution is 5.33. The van der Waals surface area contributed by atoms with E-state index < -0.39 is 0 Å². The molecule has 70 valence electrons. The smallest absolute Gasteiger partial charge is 0.219 e. The SMILES string of the molecule is CCc1c(OC)ncnc1C1CC1. The molecule has 0 unspecified atom stereocenters. The van der Waals surface area contributed by atoms with Gasteiger partial charge in [0.25, 0.3) is 0 Å². The summed E-state index contributed by atoms with van der Waals surface area (Å²) in [7, 11) is 1.66. The molecule has 2 rings (SSSR count). The van der Waals surface area contributed by atoms with Crippen LogP contribution in [-0.2, 0) is 6.42 Å². The van der Waals surface area contributed by atoms with Crippen molar-refractivity contribution >= 4 is 0 Å². The molecule has 1 fully saturated rings. The van der Waals surface area contributed by atoms with Gasteiger partial charge in [-0.25, -0.2) is 9.97 Å². The van der Waals surface area contributed by atoms with Gasteiger partial charge < -0.3 is 4.74 Å². The zero-order valence-electron chi connectivity index (χ0n) is 8.08. The molecule has 1 aromatic heterocycles. The molecule has 0 N–H and O–H groups in total. The van der Waals surface area contributed by atoms with Gasteiger partial charge in [0, 0.05) is 11.5 Å². The molecule has 0 spiro atoms. The van der Waals surface area contributed by atoms with Crippen LogP contribution in [0.5, 0.6) is 5.88 Å². The van der Waals surface area contributed by atoms with Gasteiger partial charge in [0.05, 0.1) is 12.8 Å². The Morgan fingerprint density at radius 1 is 1.46 bits per heavy atom. The minimum atomic E-state index is 0.673. The van der Waals surface area contributed by atoms with Crippen LogP contribution in [-0.4, -0.2) is 17.1 Å². The normalized spacial score (nSPS) is 15.8. The molecule has 1 aromatic rings. The minimum Gasteiger partial charge on any atom is -0.481 e. The predicted octanol–water partition coefficient (Wildman–Crippen LogP) is 1.93. The van der Waals surface area contributed by atoms with Gasteiger partial charge in [0.1, 0.15) is 6.33 Å². The van der Waals surface area contributed by atoms with E-state index in [2.05, 4.69) is 16.9 Å². The van der Waals surface area contributed by atoms with Crippen LogP contribution in [0.1, 0.15) is 36.9 Å². The highest BCUT2D eigenvalue weighted by Gasteiger charge is 2.28. The van der Waals surface area contributed by atoms with E-state index in [1.54, 1.807) is 13.4 Å². The lowest BCUT2D eigenvalue weighted by molar-refractivity contribution is 0.390. The van der Waals surface area contributed by atoms with Crippen LogP contribution < -0.4 is 4.74 Å². The van der Waals surface area contributed by atoms with Crippen molar-refractivity contribution in [2.45, 2.75) is 32.1 Å². The largest absolute Gasteiger partial charge is 0.481 e. The molecule has 1 aliphatic carbocycles. The first kappa shape index (κ1) is 8.48. The van der Waals surface area contributed by atoms with Gasteiger partial charge in [0.15, 0.2) is 0 Å². The molecule has 1 heterocycles. The van der Waals surface area contributed by atoms with E-state index in [4.69, 9.17) is 4.74 Å². The standard InChI is InChI=1S/C10H14N2O/c1-3-8-9(7-4-5-7)11-6-12-10(8)13-2/h6-7H,3-5H2,1-2H3. The first-order chi connectivity index (χ1) is 6.36. The number of hydrogen-bond donors (Lipinski definition) is 0. The molecule has 1 saturated carbocycles. The van der Waals surface area contributed by atoms with Gasteiger partial charge in [-0.1, -0.05) is 6.92 Å². The van der Waals surface area contributed by atoms with Crippen LogP contribution in [0.4, 0.5) is 0 Å². The Hall–Kier alpha value is -1.12. The van der Waals surface area contributed by atoms with Crippen molar-refractivity contribution < 1.29 is 4.74 Å². The van der Waals surface area contributed by atoms with Gasteiger partial charge in [-0.2, -0.15) is 0 Å². The van der Waals surface area contributed by atoms with Crippen molar-refractivity contribution in [2.24, 2.45) is 0 Å². The highest BCUT2D eigenvalue weighted by Crippen LogP contribution is 2.41. The first-order valence-corrected chi connectivity index (χ1v) is 4.74. The number of ether oxygens (including phenoxy) is 1. The molecule has 0 atom stereocenters. The summed E-state index contributed by atoms with van der Waals surface area (Å²) < 4.78 is 5.20. The monoisotopic (exact) mass is 178 g/mol. The van der Waals surface area contributed by atoms with Crippen molar-refractivity contribution in [1.82, 2.24) is 9.97 Å². The van der Waals surface area contributed by atoms with Crippen LogP contribution >= 0.6 is 0 Å². The van der Waals surface area contributed by atoms with E-state index in [1.807, 2.05) is 0 Å². The lowest BCUT2D eigenvalue weighted by Crippen LogP contribution is -2.01. The molecule has 0 amide bonds. The summed E-state index contributed by atoms with van der Waals surface area (Å²) in [5.41, 5.74) is 2.39. The topological polar surface area (TPSA) is 35.0 Å². The molecule has 0 aromatic carbocycles. The van der Waals surface area contributed by atoms with Crippen molar-refractivity contribution in [2.75, 3.05) is 7.11 Å². The van der Waals surface area contributed by atoms with Gasteiger partial charge in [-0.15, -0.1) is 0 Å². The second-order valence-electron chi connectivity index (χ2n) is 3.37. The Balaban J connectivity index is 2.41. The Labute approximate surface area is 78.2 Å². The number of nitrogens with zero attached hydrogens (tertiary/aromatic N) is 2. The Bertz CT molecular complexity index is 308. The van der Waals surface area contributed by atoms with Crippen LogP contribution in [0, 0.1) is 0 Å². The van der Waals surface area contributed by atoms with Crippen molar-refractivity contribution in [1.29, 1.82) is 0 Å². The average molecular weight is 178 g/mol. The summed E-state index contributed by atoms with van der Waals surface area (Å²) in [5.74, 6) is 1.42. The third-order valence-electron chi connectivity index (χ3n) is 2.45. The summed E-state index contributed by atoms with van der Waals surface area (Å²) in [6, 6.07) is 0. The maximum absolute atomic E-state index is 5.20. The Kier molecular flexibility index (Phi) is 2.17. The molecule has 0 saturated heterocycles. The summed E-state index contributed by atoms with van der Waals surface area (Å²) in [4.78, 5) is 8.43. The molecule has 3 heteroatoms. The van der Waals surface area contributed by atoms with E-state index in [0.29, 0.717) is 5.92 Å². The summed E-state index contributed by atoms with van der Waals surface area (Å²) in [5, 5.41) is 0. The van der Waals surface area contributed by atoms with Crippen LogP contribution in [0.3, 0.4) is 0 Å². The molecular formula is C10H14N2O. The van der Waals surface area contributed by atoms with E-state index in [9.17, 15) is 0 Å². The van der Waals surface area contributed by atoms with Gasteiger partial charge >= 0.3 is 0 Å². The van der Waals surface area contributed by atoms with E-state index in [-0.39, 0.29) is 0 Å². The zero-order valence-corrected chi connectivity index (χ0v) is 8.08. The number of rotatable bonds is 3. The van der Waals surface area contributed by atoms with E-state index >= 15 is 0 Å². The Morgan fingerprint density at radius 2 is 2.23 bits per heavy atom. The third-order valence-corrected chi connectivity index (χ3v) is 2.45. The first-order valence-electron chi connectivity index (χ1n) is 4.74. The number of methoxy groups -OCH3 is 1. The van der Waals surface area contributed by atoms with Crippen LogP contribution in [0.2, 0.25) is 0 Å². The molecule has 1 aliphatic rings. The minimum absolute atomic E-state index is 0.673. The third kappa shape index (κ3) is 1.50. The summed E-state index contributed by atoms with van der Waals surface area (Å²) in [6.07, 6.45) is 5.10. The second kappa shape index (κ2) is 3.32. The number of hydrogen-bond acceptors (Lipinski definition) is 3. The quantitative estimate of drug-likeness (QED) is 0.709. The maximum Gasteiger partial charge on any atom is 0.219 e. The van der Waals surface area contributed by atoms with Gasteiger partial charge in [0.2, 0.25) is 5.88 Å². The summed E-state index contributed by atoms with van der Waals surface area (Å²) >= 11 is 0. The second-order valence-corrected chi connectivity index (χ2v) is 3.37. The lowest BCUT2D eigenvalue weighted by Gasteiger charge is -2.08. The summed E-state index contributed by atoms with van der Waals surface area (Å²) in [6.45, 7) is 2.12. The van der Waals surface area contributed by atoms with E-state index in [1.165, 1.54) is 24.1 Å². The van der Waals surface area contributed by atoms with Crippen LogP contribution in [0.15, 0.2) is 6.33 Å².